The van der Waals surface area contributed by atoms with Crippen molar-refractivity contribution in [2.45, 2.75) is 18.8 Å². The molecule has 1 heterocycles. The van der Waals surface area contributed by atoms with Crippen LogP contribution in [-0.2, 0) is 5.41 Å². The Morgan fingerprint density at radius 2 is 1.26 bits per heavy atom. The molecule has 0 bridgehead atoms. The van der Waals surface area contributed by atoms with Crippen molar-refractivity contribution in [2.75, 3.05) is 4.90 Å². The first-order chi connectivity index (χ1) is 22.7. The highest BCUT2D eigenvalue weighted by Gasteiger charge is 2.51. The van der Waals surface area contributed by atoms with Gasteiger partial charge < -0.3 is 4.90 Å². The van der Waals surface area contributed by atoms with Crippen LogP contribution in [0.1, 0.15) is 41.2 Å². The van der Waals surface area contributed by atoms with Gasteiger partial charge in [0.1, 0.15) is 0 Å². The molecule has 0 aromatic heterocycles. The van der Waals surface area contributed by atoms with E-state index in [1.165, 1.54) is 72.6 Å². The lowest BCUT2D eigenvalue weighted by molar-refractivity contribution is 0.752. The van der Waals surface area contributed by atoms with Crippen molar-refractivity contribution in [3.63, 3.8) is 0 Å². The second kappa shape index (κ2) is 11.1. The van der Waals surface area contributed by atoms with Crippen molar-refractivity contribution in [3.8, 4) is 11.1 Å². The lowest BCUT2D eigenvalue weighted by atomic mass is 9.64. The molecule has 220 valence electrons. The molecule has 0 atom stereocenters. The zero-order chi connectivity index (χ0) is 31.3. The van der Waals surface area contributed by atoms with E-state index in [4.69, 9.17) is 0 Å². The first-order valence-corrected chi connectivity index (χ1v) is 16.0. The predicted octanol–water partition coefficient (Wildman–Crippen LogP) is 11.8. The Morgan fingerprint density at radius 1 is 0.630 bits per heavy atom. The van der Waals surface area contributed by atoms with Gasteiger partial charge in [0.15, 0.2) is 0 Å². The summed E-state index contributed by atoms with van der Waals surface area (Å²) in [6.07, 6.45) is 13.3. The topological polar surface area (TPSA) is 3.24 Å². The summed E-state index contributed by atoms with van der Waals surface area (Å²) >= 11 is 0. The predicted molar refractivity (Wildman–Crippen MR) is 195 cm³/mol. The summed E-state index contributed by atoms with van der Waals surface area (Å²) in [5.74, 6) is 0. The van der Waals surface area contributed by atoms with Crippen molar-refractivity contribution < 1.29 is 0 Å². The Bertz CT molecular complexity index is 2120. The van der Waals surface area contributed by atoms with Gasteiger partial charge in [-0.3, -0.25) is 0 Å². The molecule has 0 radical (unpaired) electrons. The monoisotopic (exact) mass is 589 g/mol. The van der Waals surface area contributed by atoms with Gasteiger partial charge in [0.05, 0.1) is 16.8 Å². The van der Waals surface area contributed by atoms with Crippen LogP contribution in [0.25, 0.3) is 16.7 Å². The maximum Gasteiger partial charge on any atom is 0.0754 e. The lowest BCUT2D eigenvalue weighted by Gasteiger charge is -2.45. The number of para-hydroxylation sites is 3. The molecular weight excluding hydrogens is 555 g/mol. The number of nitrogens with zero attached hydrogens (tertiary/aromatic N) is 1. The fourth-order valence-electron chi connectivity index (χ4n) is 8.07. The number of hydrogen-bond acceptors (Lipinski definition) is 1. The summed E-state index contributed by atoms with van der Waals surface area (Å²) in [6, 6.07) is 44.9. The summed E-state index contributed by atoms with van der Waals surface area (Å²) in [7, 11) is 0. The van der Waals surface area contributed by atoms with Crippen LogP contribution >= 0.6 is 0 Å². The van der Waals surface area contributed by atoms with Gasteiger partial charge in [-0.25, -0.2) is 0 Å². The second-order valence-corrected chi connectivity index (χ2v) is 12.1. The van der Waals surface area contributed by atoms with Crippen molar-refractivity contribution >= 4 is 22.6 Å². The fraction of sp³-hybridized carbons (Fsp3) is 0.0667. The van der Waals surface area contributed by atoms with Gasteiger partial charge in [0.25, 0.3) is 0 Å². The summed E-state index contributed by atoms with van der Waals surface area (Å²) in [5, 5.41) is 0. The maximum absolute atomic E-state index is 4.21. The Morgan fingerprint density at radius 3 is 1.93 bits per heavy atom. The molecule has 5 aromatic rings. The van der Waals surface area contributed by atoms with E-state index in [9.17, 15) is 0 Å². The summed E-state index contributed by atoms with van der Waals surface area (Å²) in [5.41, 5.74) is 17.2. The summed E-state index contributed by atoms with van der Waals surface area (Å²) < 4.78 is 0. The number of anilines is 3. The van der Waals surface area contributed by atoms with Crippen molar-refractivity contribution in [2.24, 2.45) is 0 Å². The number of allylic oxidation sites excluding steroid dienone is 10. The van der Waals surface area contributed by atoms with Gasteiger partial charge in [-0.2, -0.15) is 0 Å². The van der Waals surface area contributed by atoms with E-state index in [0.29, 0.717) is 0 Å². The van der Waals surface area contributed by atoms with Crippen molar-refractivity contribution in [1.29, 1.82) is 0 Å². The Balaban J connectivity index is 1.44. The number of benzene rings is 5. The van der Waals surface area contributed by atoms with Crippen molar-refractivity contribution in [1.82, 2.24) is 0 Å². The first kappa shape index (κ1) is 27.9. The molecule has 0 saturated carbocycles. The van der Waals surface area contributed by atoms with Gasteiger partial charge in [-0.15, -0.1) is 0 Å². The van der Waals surface area contributed by atoms with E-state index >= 15 is 0 Å². The standard InChI is InChI=1S/C45H35N/c1-4-7-20-35-34(6-3)31(17-5-2)29-38(35)32-27-28-37-36-21-11-12-22-39(36)45(42(37)30-32)40-23-13-15-25-43(40)46(33-18-9-8-10-19-33)44-26-16-14-24-41(44)45/h4-28,30H,1,3,29H2,2H3/b17-5-,20-7-. The average Bonchev–Trinajstić information content (AvgIpc) is 3.61. The van der Waals surface area contributed by atoms with Gasteiger partial charge in [0, 0.05) is 5.69 Å². The third-order valence-corrected chi connectivity index (χ3v) is 9.81. The molecule has 8 rings (SSSR count). The minimum atomic E-state index is -0.475. The van der Waals surface area contributed by atoms with Crippen LogP contribution in [0.4, 0.5) is 17.1 Å². The Labute approximate surface area is 272 Å². The quantitative estimate of drug-likeness (QED) is 0.174. The minimum Gasteiger partial charge on any atom is -0.310 e. The molecule has 5 aromatic carbocycles. The van der Waals surface area contributed by atoms with Crippen LogP contribution in [0.2, 0.25) is 0 Å². The van der Waals surface area contributed by atoms with Crippen LogP contribution in [-0.4, -0.2) is 0 Å². The van der Waals surface area contributed by atoms with Crippen LogP contribution < -0.4 is 4.90 Å². The average molecular weight is 590 g/mol. The zero-order valence-electron chi connectivity index (χ0n) is 26.1. The van der Waals surface area contributed by atoms with E-state index in [1.807, 2.05) is 18.2 Å². The SMILES string of the molecule is C=C/C=C\C1=C(c2ccc3c(c2)C2(c4ccccc4-3)c3ccccc3N(c3ccccc3)c3ccccc32)CC(/C=C\C)=C1C=C. The molecule has 0 unspecified atom stereocenters. The molecule has 1 heteroatoms. The van der Waals surface area contributed by atoms with Gasteiger partial charge in [-0.05, 0) is 105 Å². The molecule has 46 heavy (non-hydrogen) atoms. The maximum atomic E-state index is 4.21. The van der Waals surface area contributed by atoms with Crippen molar-refractivity contribution in [3.05, 3.63) is 215 Å². The molecule has 0 amide bonds. The third kappa shape index (κ3) is 3.88. The normalized spacial score (nSPS) is 15.8. The first-order valence-electron chi connectivity index (χ1n) is 16.0. The van der Waals surface area contributed by atoms with E-state index in [0.717, 1.165) is 12.1 Å². The van der Waals surface area contributed by atoms with Gasteiger partial charge >= 0.3 is 0 Å². The highest BCUT2D eigenvalue weighted by atomic mass is 15.2. The van der Waals surface area contributed by atoms with E-state index in [2.05, 4.69) is 165 Å². The van der Waals surface area contributed by atoms with Gasteiger partial charge in [0.2, 0.25) is 0 Å². The number of hydrogen-bond donors (Lipinski definition) is 0. The lowest BCUT2D eigenvalue weighted by Crippen LogP contribution is -2.36. The summed E-state index contributed by atoms with van der Waals surface area (Å²) in [4.78, 5) is 2.43. The molecule has 0 fully saturated rings. The highest BCUT2D eigenvalue weighted by Crippen LogP contribution is 2.63. The molecule has 1 spiro atoms. The smallest absolute Gasteiger partial charge is 0.0754 e. The molecule has 1 aliphatic heterocycles. The van der Waals surface area contributed by atoms with E-state index in [-0.39, 0.29) is 0 Å². The molecule has 0 N–H and O–H groups in total. The Hall–Kier alpha value is -5.66. The second-order valence-electron chi connectivity index (χ2n) is 12.1. The Kier molecular flexibility index (Phi) is 6.69. The molecular formula is C45H35N. The molecule has 0 saturated heterocycles. The largest absolute Gasteiger partial charge is 0.310 e. The van der Waals surface area contributed by atoms with Crippen LogP contribution in [0.15, 0.2) is 188 Å². The van der Waals surface area contributed by atoms with E-state index < -0.39 is 5.41 Å². The third-order valence-electron chi connectivity index (χ3n) is 9.81. The molecule has 3 aliphatic rings. The van der Waals surface area contributed by atoms with Crippen LogP contribution in [0, 0.1) is 0 Å². The minimum absolute atomic E-state index is 0.475. The van der Waals surface area contributed by atoms with Crippen LogP contribution in [0.3, 0.4) is 0 Å². The number of rotatable bonds is 6. The highest BCUT2D eigenvalue weighted by molar-refractivity contribution is 5.97. The zero-order valence-corrected chi connectivity index (χ0v) is 26.1. The fourth-order valence-corrected chi connectivity index (χ4v) is 8.07. The summed E-state index contributed by atoms with van der Waals surface area (Å²) in [6.45, 7) is 10.2. The van der Waals surface area contributed by atoms with Gasteiger partial charge in [-0.1, -0.05) is 141 Å². The van der Waals surface area contributed by atoms with Crippen LogP contribution in [0.5, 0.6) is 0 Å². The molecule has 2 aliphatic carbocycles. The molecule has 1 nitrogen and oxygen atoms in total. The van der Waals surface area contributed by atoms with E-state index in [1.54, 1.807) is 0 Å². The number of fused-ring (bicyclic) bond motifs is 9.